The van der Waals surface area contributed by atoms with Gasteiger partial charge in [0.05, 0.1) is 44.2 Å². The van der Waals surface area contributed by atoms with Crippen molar-refractivity contribution >= 4 is 38.8 Å². The van der Waals surface area contributed by atoms with Crippen LogP contribution >= 0.6 is 11.3 Å². The topological polar surface area (TPSA) is 78.9 Å². The standard InChI is InChI=1S/C21H22FN5.C11H13NS/c1-3-7-19(18-8-5-6-11-24-18)27-21(20-15(4-2)9-13-25-20)26-17-10-12-23-14-16(17)22;1-3-4-9-5-6-10-11(7-9)13-8(2)12-10/h5-14,25H,3-4H2,1-2H3,(H,23,26,27);5-7H,3-4H2,1-2H3/b19-7+;. The van der Waals surface area contributed by atoms with Gasteiger partial charge in [-0.1, -0.05) is 45.4 Å². The van der Waals surface area contributed by atoms with Gasteiger partial charge >= 0.3 is 0 Å². The lowest BCUT2D eigenvalue weighted by molar-refractivity contribution is 0.626. The fourth-order valence-corrected chi connectivity index (χ4v) is 5.12. The number of pyridine rings is 2. The van der Waals surface area contributed by atoms with E-state index in [0.29, 0.717) is 11.5 Å². The van der Waals surface area contributed by atoms with Gasteiger partial charge in [-0.25, -0.2) is 14.4 Å². The zero-order chi connectivity index (χ0) is 28.3. The predicted molar refractivity (Wildman–Crippen MR) is 165 cm³/mol. The highest BCUT2D eigenvalue weighted by Gasteiger charge is 2.14. The maximum absolute atomic E-state index is 14.2. The van der Waals surface area contributed by atoms with Crippen molar-refractivity contribution in [1.29, 1.82) is 0 Å². The van der Waals surface area contributed by atoms with Crippen LogP contribution < -0.4 is 5.32 Å². The van der Waals surface area contributed by atoms with E-state index in [9.17, 15) is 4.39 Å². The molecule has 4 heterocycles. The molecule has 0 fully saturated rings. The van der Waals surface area contributed by atoms with Crippen LogP contribution in [0.5, 0.6) is 0 Å². The normalized spacial score (nSPS) is 11.8. The second-order valence-corrected chi connectivity index (χ2v) is 10.4. The quantitative estimate of drug-likeness (QED) is 0.149. The zero-order valence-electron chi connectivity index (χ0n) is 23.4. The minimum absolute atomic E-state index is 0.317. The summed E-state index contributed by atoms with van der Waals surface area (Å²) in [7, 11) is 0. The molecule has 40 heavy (non-hydrogen) atoms. The Balaban J connectivity index is 0.000000236. The molecule has 2 N–H and O–H groups in total. The van der Waals surface area contributed by atoms with Gasteiger partial charge in [0.15, 0.2) is 11.7 Å². The van der Waals surface area contributed by atoms with Crippen molar-refractivity contribution < 1.29 is 4.39 Å². The number of aromatic amines is 1. The van der Waals surface area contributed by atoms with E-state index in [1.54, 1.807) is 29.8 Å². The van der Waals surface area contributed by atoms with Crippen LogP contribution in [0.15, 0.2) is 84.4 Å². The second kappa shape index (κ2) is 14.3. The number of hydrogen-bond acceptors (Lipinski definition) is 5. The van der Waals surface area contributed by atoms with E-state index in [1.165, 1.54) is 29.3 Å². The first-order valence-electron chi connectivity index (χ1n) is 13.6. The van der Waals surface area contributed by atoms with Crippen molar-refractivity contribution in [2.24, 2.45) is 4.99 Å². The van der Waals surface area contributed by atoms with Crippen molar-refractivity contribution in [3.63, 3.8) is 0 Å². The lowest BCUT2D eigenvalue weighted by atomic mass is 10.1. The molecule has 4 aromatic heterocycles. The number of aromatic nitrogens is 4. The largest absolute Gasteiger partial charge is 0.358 e. The van der Waals surface area contributed by atoms with Crippen molar-refractivity contribution in [2.75, 3.05) is 5.32 Å². The SMILES string of the molecule is CC/C=C(/N=C(Nc1ccncc1F)c1[nH]ccc1CC)c1ccccn1.CCCc1ccc2nc(C)sc2c1. The Morgan fingerprint density at radius 1 is 1.10 bits per heavy atom. The fraction of sp³-hybridized carbons (Fsp3) is 0.250. The Labute approximate surface area is 239 Å². The number of rotatable bonds is 8. The fourth-order valence-electron chi connectivity index (χ4n) is 4.23. The molecule has 0 unspecified atom stereocenters. The van der Waals surface area contributed by atoms with E-state index in [2.05, 4.69) is 64.2 Å². The summed E-state index contributed by atoms with van der Waals surface area (Å²) in [4.78, 5) is 20.7. The molecule has 8 heteroatoms. The van der Waals surface area contributed by atoms with E-state index in [-0.39, 0.29) is 0 Å². The molecule has 0 aliphatic rings. The molecule has 0 atom stereocenters. The molecule has 5 aromatic rings. The Morgan fingerprint density at radius 3 is 2.70 bits per heavy atom. The molecule has 206 valence electrons. The summed E-state index contributed by atoms with van der Waals surface area (Å²) >= 11 is 1.78. The Bertz CT molecular complexity index is 1590. The second-order valence-electron chi connectivity index (χ2n) is 9.17. The molecule has 0 bridgehead atoms. The van der Waals surface area contributed by atoms with Gasteiger partial charge in [0.1, 0.15) is 0 Å². The smallest absolute Gasteiger partial charge is 0.164 e. The number of nitrogens with one attached hydrogen (secondary N) is 2. The summed E-state index contributed by atoms with van der Waals surface area (Å²) in [6.07, 6.45) is 12.3. The number of thiazole rings is 1. The van der Waals surface area contributed by atoms with E-state index in [1.807, 2.05) is 43.5 Å². The molecule has 5 rings (SSSR count). The first-order chi connectivity index (χ1) is 19.5. The minimum atomic E-state index is -0.436. The van der Waals surface area contributed by atoms with E-state index >= 15 is 0 Å². The number of fused-ring (bicyclic) bond motifs is 1. The minimum Gasteiger partial charge on any atom is -0.358 e. The number of anilines is 1. The van der Waals surface area contributed by atoms with E-state index < -0.39 is 5.82 Å². The number of H-pyrrole nitrogens is 1. The number of aliphatic imine (C=N–C) groups is 1. The van der Waals surface area contributed by atoms with Crippen molar-refractivity contribution in [3.8, 4) is 0 Å². The number of allylic oxidation sites excluding steroid dienone is 1. The number of benzene rings is 1. The highest BCUT2D eigenvalue weighted by molar-refractivity contribution is 7.18. The van der Waals surface area contributed by atoms with Crippen LogP contribution in [0.4, 0.5) is 10.1 Å². The van der Waals surface area contributed by atoms with Crippen LogP contribution in [0.3, 0.4) is 0 Å². The van der Waals surface area contributed by atoms with Crippen molar-refractivity contribution in [2.45, 2.75) is 53.4 Å². The van der Waals surface area contributed by atoms with Gasteiger partial charge in [-0.2, -0.15) is 0 Å². The summed E-state index contributed by atoms with van der Waals surface area (Å²) in [5.41, 5.74) is 6.29. The Hall–Kier alpha value is -4.17. The Kier molecular flexibility index (Phi) is 10.3. The van der Waals surface area contributed by atoms with Gasteiger partial charge < -0.3 is 10.3 Å². The lowest BCUT2D eigenvalue weighted by Crippen LogP contribution is -2.17. The average Bonchev–Trinajstić information content (AvgIpc) is 3.60. The van der Waals surface area contributed by atoms with Gasteiger partial charge in [0.2, 0.25) is 0 Å². The Morgan fingerprint density at radius 2 is 1.98 bits per heavy atom. The summed E-state index contributed by atoms with van der Waals surface area (Å²) in [5.74, 6) is 0.0981. The van der Waals surface area contributed by atoms with E-state index in [0.717, 1.165) is 46.0 Å². The molecule has 1 aromatic carbocycles. The van der Waals surface area contributed by atoms with Crippen molar-refractivity contribution in [3.05, 3.63) is 113 Å². The van der Waals surface area contributed by atoms with E-state index in [4.69, 9.17) is 4.99 Å². The van der Waals surface area contributed by atoms with Gasteiger partial charge in [0, 0.05) is 18.6 Å². The highest BCUT2D eigenvalue weighted by Crippen LogP contribution is 2.23. The van der Waals surface area contributed by atoms with Gasteiger partial charge in [-0.3, -0.25) is 9.97 Å². The first kappa shape index (κ1) is 28.8. The number of hydrogen-bond donors (Lipinski definition) is 2. The third-order valence-electron chi connectivity index (χ3n) is 6.13. The summed E-state index contributed by atoms with van der Waals surface area (Å²) in [5, 5.41) is 4.27. The van der Waals surface area contributed by atoms with Crippen LogP contribution in [0.2, 0.25) is 0 Å². The number of nitrogens with zero attached hydrogens (tertiary/aromatic N) is 4. The number of amidine groups is 1. The van der Waals surface area contributed by atoms with Crippen LogP contribution in [-0.4, -0.2) is 25.8 Å². The monoisotopic (exact) mass is 554 g/mol. The van der Waals surface area contributed by atoms with Crippen LogP contribution in [0.25, 0.3) is 15.9 Å². The summed E-state index contributed by atoms with van der Waals surface area (Å²) < 4.78 is 15.5. The maximum atomic E-state index is 14.2. The number of aryl methyl sites for hydroxylation is 3. The molecule has 0 aliphatic heterocycles. The molecule has 0 saturated carbocycles. The third-order valence-corrected chi connectivity index (χ3v) is 7.07. The molecule has 6 nitrogen and oxygen atoms in total. The van der Waals surface area contributed by atoms with Crippen LogP contribution in [-0.2, 0) is 12.8 Å². The predicted octanol–water partition coefficient (Wildman–Crippen LogP) is 8.37. The zero-order valence-corrected chi connectivity index (χ0v) is 24.2. The molecule has 0 spiro atoms. The maximum Gasteiger partial charge on any atom is 0.164 e. The molecule has 0 amide bonds. The van der Waals surface area contributed by atoms with Crippen LogP contribution in [0.1, 0.15) is 61.1 Å². The first-order valence-corrected chi connectivity index (χ1v) is 14.4. The highest BCUT2D eigenvalue weighted by atomic mass is 32.1. The molecular formula is C32H35FN6S. The number of halogens is 1. The molecular weight excluding hydrogens is 519 g/mol. The third kappa shape index (κ3) is 7.48. The molecule has 0 aliphatic carbocycles. The average molecular weight is 555 g/mol. The van der Waals surface area contributed by atoms with Gasteiger partial charge in [-0.05, 0) is 73.7 Å². The molecule has 0 radical (unpaired) electrons. The van der Waals surface area contributed by atoms with Crippen LogP contribution in [0, 0.1) is 12.7 Å². The van der Waals surface area contributed by atoms with Gasteiger partial charge in [-0.15, -0.1) is 11.3 Å². The van der Waals surface area contributed by atoms with Gasteiger partial charge in [0.25, 0.3) is 0 Å². The lowest BCUT2D eigenvalue weighted by Gasteiger charge is -2.13. The summed E-state index contributed by atoms with van der Waals surface area (Å²) in [6, 6.07) is 15.9. The summed E-state index contributed by atoms with van der Waals surface area (Å²) in [6.45, 7) is 8.38. The van der Waals surface area contributed by atoms with Crippen molar-refractivity contribution in [1.82, 2.24) is 19.9 Å². The molecule has 0 saturated heterocycles.